The molecule has 7 heteroatoms. The second kappa shape index (κ2) is 8.69. The van der Waals surface area contributed by atoms with Gasteiger partial charge in [0.25, 0.3) is 0 Å². The van der Waals surface area contributed by atoms with Gasteiger partial charge in [0.2, 0.25) is 11.8 Å². The summed E-state index contributed by atoms with van der Waals surface area (Å²) in [4.78, 5) is 20.9. The maximum atomic E-state index is 12.4. The second-order valence-corrected chi connectivity index (χ2v) is 6.35. The third-order valence-corrected chi connectivity index (χ3v) is 4.67. The average Bonchev–Trinajstić information content (AvgIpc) is 3.16. The summed E-state index contributed by atoms with van der Waals surface area (Å²) in [5.74, 6) is 2.41. The molecule has 0 N–H and O–H groups in total. The zero-order valence-corrected chi connectivity index (χ0v) is 15.5. The van der Waals surface area contributed by atoms with Gasteiger partial charge in [-0.05, 0) is 18.6 Å². The van der Waals surface area contributed by atoms with Gasteiger partial charge in [0.15, 0.2) is 5.82 Å². The lowest BCUT2D eigenvalue weighted by Crippen LogP contribution is -2.48. The second-order valence-electron chi connectivity index (χ2n) is 6.35. The molecular weight excluding hydrogens is 332 g/mol. The molecule has 3 rings (SSSR count). The Labute approximate surface area is 153 Å². The first-order chi connectivity index (χ1) is 12.7. The molecule has 7 nitrogen and oxygen atoms in total. The number of para-hydroxylation sites is 2. The number of benzene rings is 1. The van der Waals surface area contributed by atoms with Crippen molar-refractivity contribution in [3.63, 3.8) is 0 Å². The zero-order valence-electron chi connectivity index (χ0n) is 15.5. The van der Waals surface area contributed by atoms with E-state index in [1.54, 1.807) is 7.11 Å². The lowest BCUT2D eigenvalue weighted by molar-refractivity contribution is -0.131. The van der Waals surface area contributed by atoms with E-state index in [9.17, 15) is 4.79 Å². The van der Waals surface area contributed by atoms with Crippen molar-refractivity contribution in [3.05, 3.63) is 36.0 Å². The summed E-state index contributed by atoms with van der Waals surface area (Å²) in [5.41, 5.74) is 1.09. The van der Waals surface area contributed by atoms with E-state index in [0.29, 0.717) is 18.7 Å². The molecule has 0 aliphatic carbocycles. The molecule has 26 heavy (non-hydrogen) atoms. The van der Waals surface area contributed by atoms with E-state index in [-0.39, 0.29) is 5.91 Å². The van der Waals surface area contributed by atoms with Crippen LogP contribution < -0.4 is 9.64 Å². The molecule has 2 heterocycles. The summed E-state index contributed by atoms with van der Waals surface area (Å²) in [5, 5.41) is 3.88. The van der Waals surface area contributed by atoms with Crippen LogP contribution in [0.5, 0.6) is 5.75 Å². The Kier molecular flexibility index (Phi) is 6.09. The number of piperazine rings is 1. The van der Waals surface area contributed by atoms with Crippen molar-refractivity contribution < 1.29 is 14.1 Å². The Morgan fingerprint density at radius 1 is 1.23 bits per heavy atom. The Morgan fingerprint density at radius 2 is 2.00 bits per heavy atom. The van der Waals surface area contributed by atoms with Crippen molar-refractivity contribution >= 4 is 11.6 Å². The number of hydrogen-bond donors (Lipinski definition) is 0. The SMILES string of the molecule is CCc1noc(CCCC(=O)N2CCN(c3ccccc3OC)CC2)n1. The summed E-state index contributed by atoms with van der Waals surface area (Å²) in [6.45, 7) is 5.09. The maximum Gasteiger partial charge on any atom is 0.226 e. The molecular formula is C19H26N4O3. The summed E-state index contributed by atoms with van der Waals surface area (Å²) in [7, 11) is 1.69. The Morgan fingerprint density at radius 3 is 2.69 bits per heavy atom. The topological polar surface area (TPSA) is 71.7 Å². The summed E-state index contributed by atoms with van der Waals surface area (Å²) < 4.78 is 10.6. The van der Waals surface area contributed by atoms with Crippen LogP contribution in [0.15, 0.2) is 28.8 Å². The summed E-state index contributed by atoms with van der Waals surface area (Å²) >= 11 is 0. The molecule has 1 aromatic heterocycles. The molecule has 0 saturated carbocycles. The van der Waals surface area contributed by atoms with Crippen molar-refractivity contribution in [2.75, 3.05) is 38.2 Å². The predicted molar refractivity (Wildman–Crippen MR) is 98.4 cm³/mol. The van der Waals surface area contributed by atoms with Gasteiger partial charge in [-0.25, -0.2) is 0 Å². The molecule has 2 aromatic rings. The van der Waals surface area contributed by atoms with E-state index in [1.807, 2.05) is 30.0 Å². The van der Waals surface area contributed by atoms with Crippen LogP contribution in [0.1, 0.15) is 31.5 Å². The van der Waals surface area contributed by atoms with Gasteiger partial charge < -0.3 is 19.1 Å². The highest BCUT2D eigenvalue weighted by molar-refractivity contribution is 5.76. The van der Waals surface area contributed by atoms with E-state index in [1.165, 1.54) is 0 Å². The molecule has 0 unspecified atom stereocenters. The largest absolute Gasteiger partial charge is 0.495 e. The molecule has 1 aliphatic rings. The molecule has 0 radical (unpaired) electrons. The van der Waals surface area contributed by atoms with Gasteiger partial charge in [-0.1, -0.05) is 24.2 Å². The number of hydrogen-bond acceptors (Lipinski definition) is 6. The van der Waals surface area contributed by atoms with Crippen LogP contribution in [0.25, 0.3) is 0 Å². The fourth-order valence-electron chi connectivity index (χ4n) is 3.17. The minimum Gasteiger partial charge on any atom is -0.495 e. The standard InChI is InChI=1S/C19H26N4O3/c1-3-17-20-18(26-21-17)9-6-10-19(24)23-13-11-22(12-14-23)15-7-4-5-8-16(15)25-2/h4-5,7-8H,3,6,9-14H2,1-2H3. The fourth-order valence-corrected chi connectivity index (χ4v) is 3.17. The van der Waals surface area contributed by atoms with E-state index >= 15 is 0 Å². The predicted octanol–water partition coefficient (Wildman–Crippen LogP) is 2.31. The smallest absolute Gasteiger partial charge is 0.226 e. The van der Waals surface area contributed by atoms with Crippen LogP contribution in [-0.2, 0) is 17.6 Å². The molecule has 0 spiro atoms. The number of amides is 1. The molecule has 0 bridgehead atoms. The first kappa shape index (κ1) is 18.2. The Bertz CT molecular complexity index is 723. The molecule has 0 atom stereocenters. The van der Waals surface area contributed by atoms with Crippen LogP contribution in [0.2, 0.25) is 0 Å². The lowest BCUT2D eigenvalue weighted by atomic mass is 10.2. The minimum absolute atomic E-state index is 0.194. The van der Waals surface area contributed by atoms with Gasteiger partial charge in [0, 0.05) is 45.4 Å². The number of anilines is 1. The van der Waals surface area contributed by atoms with E-state index < -0.39 is 0 Å². The third kappa shape index (κ3) is 4.33. The van der Waals surface area contributed by atoms with Crippen LogP contribution in [0.3, 0.4) is 0 Å². The van der Waals surface area contributed by atoms with Crippen molar-refractivity contribution in [2.45, 2.75) is 32.6 Å². The number of carbonyl (C=O) groups excluding carboxylic acids is 1. The van der Waals surface area contributed by atoms with Crippen LogP contribution in [-0.4, -0.2) is 54.2 Å². The molecule has 1 aromatic carbocycles. The van der Waals surface area contributed by atoms with Crippen molar-refractivity contribution in [1.29, 1.82) is 0 Å². The van der Waals surface area contributed by atoms with E-state index in [2.05, 4.69) is 21.1 Å². The minimum atomic E-state index is 0.194. The van der Waals surface area contributed by atoms with Crippen LogP contribution in [0, 0.1) is 0 Å². The summed E-state index contributed by atoms with van der Waals surface area (Å²) in [6, 6.07) is 8.01. The monoisotopic (exact) mass is 358 g/mol. The molecule has 140 valence electrons. The Hall–Kier alpha value is -2.57. The molecule has 1 fully saturated rings. The zero-order chi connectivity index (χ0) is 18.4. The third-order valence-electron chi connectivity index (χ3n) is 4.67. The number of rotatable bonds is 7. The van der Waals surface area contributed by atoms with Gasteiger partial charge in [-0.2, -0.15) is 4.98 Å². The van der Waals surface area contributed by atoms with Gasteiger partial charge in [0.1, 0.15) is 5.75 Å². The first-order valence-electron chi connectivity index (χ1n) is 9.18. The highest BCUT2D eigenvalue weighted by Crippen LogP contribution is 2.28. The van der Waals surface area contributed by atoms with E-state index in [4.69, 9.17) is 9.26 Å². The van der Waals surface area contributed by atoms with Gasteiger partial charge in [-0.3, -0.25) is 4.79 Å². The van der Waals surface area contributed by atoms with Crippen molar-refractivity contribution in [3.8, 4) is 5.75 Å². The van der Waals surface area contributed by atoms with E-state index in [0.717, 1.165) is 56.3 Å². The normalized spacial score (nSPS) is 14.5. The fraction of sp³-hybridized carbons (Fsp3) is 0.526. The number of aromatic nitrogens is 2. The molecule has 1 saturated heterocycles. The van der Waals surface area contributed by atoms with Crippen LogP contribution >= 0.6 is 0 Å². The number of aryl methyl sites for hydroxylation is 2. The van der Waals surface area contributed by atoms with Gasteiger partial charge in [-0.15, -0.1) is 0 Å². The maximum absolute atomic E-state index is 12.4. The quantitative estimate of drug-likeness (QED) is 0.756. The number of carbonyl (C=O) groups is 1. The number of ether oxygens (including phenoxy) is 1. The molecule has 1 aliphatic heterocycles. The summed E-state index contributed by atoms with van der Waals surface area (Å²) in [6.07, 6.45) is 2.66. The average molecular weight is 358 g/mol. The van der Waals surface area contributed by atoms with Crippen molar-refractivity contribution in [1.82, 2.24) is 15.0 Å². The lowest BCUT2D eigenvalue weighted by Gasteiger charge is -2.36. The highest BCUT2D eigenvalue weighted by atomic mass is 16.5. The highest BCUT2D eigenvalue weighted by Gasteiger charge is 2.22. The van der Waals surface area contributed by atoms with Gasteiger partial charge in [0.05, 0.1) is 12.8 Å². The first-order valence-corrected chi connectivity index (χ1v) is 9.18. The molecule has 1 amide bonds. The number of nitrogens with zero attached hydrogens (tertiary/aromatic N) is 4. The number of methoxy groups -OCH3 is 1. The van der Waals surface area contributed by atoms with Crippen molar-refractivity contribution in [2.24, 2.45) is 0 Å². The van der Waals surface area contributed by atoms with Gasteiger partial charge >= 0.3 is 0 Å². The van der Waals surface area contributed by atoms with Crippen LogP contribution in [0.4, 0.5) is 5.69 Å². The Balaban J connectivity index is 1.44.